The van der Waals surface area contributed by atoms with Gasteiger partial charge in [0.1, 0.15) is 5.69 Å². The van der Waals surface area contributed by atoms with Gasteiger partial charge in [-0.05, 0) is 29.3 Å². The molecule has 0 aliphatic carbocycles. The fourth-order valence-electron chi connectivity index (χ4n) is 2.33. The number of hydrogen-bond donors (Lipinski definition) is 1. The predicted octanol–water partition coefficient (Wildman–Crippen LogP) is 4.41. The van der Waals surface area contributed by atoms with Crippen molar-refractivity contribution in [2.45, 2.75) is 6.18 Å². The monoisotopic (exact) mass is 343 g/mol. The number of hydrogen-bond acceptors (Lipinski definition) is 3. The van der Waals surface area contributed by atoms with Gasteiger partial charge in [0.05, 0.1) is 11.8 Å². The minimum absolute atomic E-state index is 0.0850. The molecule has 1 amide bonds. The van der Waals surface area contributed by atoms with Crippen LogP contribution in [0.15, 0.2) is 67.1 Å². The van der Waals surface area contributed by atoms with E-state index in [0.29, 0.717) is 11.3 Å². The van der Waals surface area contributed by atoms with Crippen molar-refractivity contribution in [1.29, 1.82) is 0 Å². The molecule has 0 atom stereocenters. The van der Waals surface area contributed by atoms with Gasteiger partial charge in [-0.2, -0.15) is 13.2 Å². The maximum absolute atomic E-state index is 13.1. The number of benzene rings is 2. The third-order valence-corrected chi connectivity index (χ3v) is 3.48. The third kappa shape index (κ3) is 3.82. The topological polar surface area (TPSA) is 54.9 Å². The van der Waals surface area contributed by atoms with Crippen LogP contribution in [0, 0.1) is 0 Å². The van der Waals surface area contributed by atoms with Crippen molar-refractivity contribution < 1.29 is 18.0 Å². The normalized spacial score (nSPS) is 11.2. The van der Waals surface area contributed by atoms with Gasteiger partial charge in [0, 0.05) is 18.1 Å². The Hall–Kier alpha value is -3.22. The molecule has 0 saturated carbocycles. The van der Waals surface area contributed by atoms with Crippen LogP contribution in [0.3, 0.4) is 0 Å². The first-order chi connectivity index (χ1) is 11.9. The molecule has 1 heterocycles. The maximum atomic E-state index is 13.1. The third-order valence-electron chi connectivity index (χ3n) is 3.48. The number of amides is 1. The van der Waals surface area contributed by atoms with Crippen LogP contribution in [-0.2, 0) is 6.18 Å². The Morgan fingerprint density at radius 1 is 0.960 bits per heavy atom. The molecule has 0 spiro atoms. The molecule has 3 aromatic rings. The molecule has 0 bridgehead atoms. The molecule has 0 radical (unpaired) electrons. The highest BCUT2D eigenvalue weighted by Crippen LogP contribution is 2.37. The Bertz CT molecular complexity index is 878. The molecule has 3 rings (SSSR count). The van der Waals surface area contributed by atoms with E-state index in [0.717, 1.165) is 6.07 Å². The summed E-state index contributed by atoms with van der Waals surface area (Å²) in [6, 6.07) is 11.5. The number of anilines is 1. The Balaban J connectivity index is 1.83. The zero-order valence-corrected chi connectivity index (χ0v) is 12.8. The smallest absolute Gasteiger partial charge is 0.321 e. The molecule has 0 fully saturated rings. The van der Waals surface area contributed by atoms with Crippen LogP contribution < -0.4 is 5.32 Å². The van der Waals surface area contributed by atoms with Gasteiger partial charge in [-0.1, -0.05) is 30.3 Å². The molecule has 4 nitrogen and oxygen atoms in total. The van der Waals surface area contributed by atoms with Crippen LogP contribution in [0.5, 0.6) is 0 Å². The van der Waals surface area contributed by atoms with Crippen molar-refractivity contribution in [2.75, 3.05) is 5.32 Å². The van der Waals surface area contributed by atoms with E-state index in [1.54, 1.807) is 6.07 Å². The molecule has 0 aliphatic rings. The number of halogens is 3. The van der Waals surface area contributed by atoms with E-state index >= 15 is 0 Å². The molecule has 0 saturated heterocycles. The number of aromatic nitrogens is 2. The van der Waals surface area contributed by atoms with Gasteiger partial charge < -0.3 is 5.32 Å². The van der Waals surface area contributed by atoms with Gasteiger partial charge in [0.25, 0.3) is 5.91 Å². The highest BCUT2D eigenvalue weighted by Gasteiger charge is 2.33. The minimum Gasteiger partial charge on any atom is -0.321 e. The summed E-state index contributed by atoms with van der Waals surface area (Å²) in [4.78, 5) is 19.7. The van der Waals surface area contributed by atoms with E-state index in [2.05, 4.69) is 15.3 Å². The fraction of sp³-hybridized carbons (Fsp3) is 0.0556. The van der Waals surface area contributed by atoms with Crippen LogP contribution in [0.1, 0.15) is 16.1 Å². The van der Waals surface area contributed by atoms with E-state index in [-0.39, 0.29) is 11.3 Å². The van der Waals surface area contributed by atoms with E-state index in [9.17, 15) is 18.0 Å². The van der Waals surface area contributed by atoms with E-state index < -0.39 is 17.6 Å². The lowest BCUT2D eigenvalue weighted by molar-refractivity contribution is -0.137. The van der Waals surface area contributed by atoms with E-state index in [1.165, 1.54) is 55.0 Å². The van der Waals surface area contributed by atoms with E-state index in [1.807, 2.05) is 0 Å². The summed E-state index contributed by atoms with van der Waals surface area (Å²) < 4.78 is 39.3. The Labute approximate surface area is 141 Å². The summed E-state index contributed by atoms with van der Waals surface area (Å²) >= 11 is 0. The van der Waals surface area contributed by atoms with Crippen molar-refractivity contribution in [1.82, 2.24) is 9.97 Å². The van der Waals surface area contributed by atoms with Crippen LogP contribution in [-0.4, -0.2) is 15.9 Å². The second kappa shape index (κ2) is 6.72. The van der Waals surface area contributed by atoms with E-state index in [4.69, 9.17) is 0 Å². The highest BCUT2D eigenvalue weighted by atomic mass is 19.4. The van der Waals surface area contributed by atoms with Gasteiger partial charge in [-0.15, -0.1) is 0 Å². The lowest BCUT2D eigenvalue weighted by atomic mass is 9.99. The second-order valence-electron chi connectivity index (χ2n) is 5.17. The molecule has 126 valence electrons. The number of rotatable bonds is 3. The molecule has 0 unspecified atom stereocenters. The van der Waals surface area contributed by atoms with Crippen molar-refractivity contribution in [3.63, 3.8) is 0 Å². The summed E-state index contributed by atoms with van der Waals surface area (Å²) in [5, 5.41) is 2.62. The van der Waals surface area contributed by atoms with Crippen molar-refractivity contribution >= 4 is 11.6 Å². The molecular formula is C18H12F3N3O. The first kappa shape index (κ1) is 16.6. The minimum atomic E-state index is -4.44. The number of carbonyl (C=O) groups excluding carboxylic acids is 1. The Morgan fingerprint density at radius 3 is 2.32 bits per heavy atom. The summed E-state index contributed by atoms with van der Waals surface area (Å²) in [6.45, 7) is 0. The second-order valence-corrected chi connectivity index (χ2v) is 5.17. The molecule has 7 heteroatoms. The van der Waals surface area contributed by atoms with Crippen LogP contribution in [0.4, 0.5) is 18.9 Å². The Morgan fingerprint density at radius 2 is 1.68 bits per heavy atom. The lowest BCUT2D eigenvalue weighted by Gasteiger charge is -2.13. The van der Waals surface area contributed by atoms with Gasteiger partial charge in [-0.3, -0.25) is 9.78 Å². The molecular weight excluding hydrogens is 331 g/mol. The first-order valence-corrected chi connectivity index (χ1v) is 7.29. The predicted molar refractivity (Wildman–Crippen MR) is 86.9 cm³/mol. The fourth-order valence-corrected chi connectivity index (χ4v) is 2.33. The standard InChI is InChI=1S/C18H12F3N3O/c19-18(20,21)15-4-2-1-3-14(15)12-5-7-13(8-6-12)24-17(25)16-11-22-9-10-23-16/h1-11H,(H,24,25). The van der Waals surface area contributed by atoms with Crippen LogP contribution in [0.25, 0.3) is 11.1 Å². The lowest BCUT2D eigenvalue weighted by Crippen LogP contribution is -2.13. The Kier molecular flexibility index (Phi) is 4.47. The van der Waals surface area contributed by atoms with Crippen LogP contribution >= 0.6 is 0 Å². The number of carbonyl (C=O) groups is 1. The molecule has 1 aromatic heterocycles. The maximum Gasteiger partial charge on any atom is 0.417 e. The number of nitrogens with zero attached hydrogens (tertiary/aromatic N) is 2. The quantitative estimate of drug-likeness (QED) is 0.766. The zero-order chi connectivity index (χ0) is 17.9. The van der Waals surface area contributed by atoms with Crippen molar-refractivity contribution in [2.24, 2.45) is 0 Å². The first-order valence-electron chi connectivity index (χ1n) is 7.29. The molecule has 2 aromatic carbocycles. The molecule has 25 heavy (non-hydrogen) atoms. The van der Waals surface area contributed by atoms with Crippen molar-refractivity contribution in [3.05, 3.63) is 78.4 Å². The largest absolute Gasteiger partial charge is 0.417 e. The van der Waals surface area contributed by atoms with Crippen LogP contribution in [0.2, 0.25) is 0 Å². The van der Waals surface area contributed by atoms with Gasteiger partial charge in [0.15, 0.2) is 0 Å². The van der Waals surface area contributed by atoms with Gasteiger partial charge >= 0.3 is 6.18 Å². The number of alkyl halides is 3. The van der Waals surface area contributed by atoms with Gasteiger partial charge in [0.2, 0.25) is 0 Å². The SMILES string of the molecule is O=C(Nc1ccc(-c2ccccc2C(F)(F)F)cc1)c1cnccn1. The molecule has 1 N–H and O–H groups in total. The van der Waals surface area contributed by atoms with Crippen molar-refractivity contribution in [3.8, 4) is 11.1 Å². The average Bonchev–Trinajstić information content (AvgIpc) is 2.62. The summed E-state index contributed by atoms with van der Waals surface area (Å²) in [5.74, 6) is -0.448. The molecule has 0 aliphatic heterocycles. The summed E-state index contributed by atoms with van der Waals surface area (Å²) in [7, 11) is 0. The number of nitrogens with one attached hydrogen (secondary N) is 1. The summed E-state index contributed by atoms with van der Waals surface area (Å²) in [5.41, 5.74) is 0.386. The van der Waals surface area contributed by atoms with Gasteiger partial charge in [-0.25, -0.2) is 4.98 Å². The summed E-state index contributed by atoms with van der Waals surface area (Å²) in [6.07, 6.45) is -0.269. The average molecular weight is 343 g/mol. The highest BCUT2D eigenvalue weighted by molar-refractivity contribution is 6.02. The zero-order valence-electron chi connectivity index (χ0n) is 12.8.